The van der Waals surface area contributed by atoms with E-state index in [1.54, 1.807) is 24.3 Å². The van der Waals surface area contributed by atoms with E-state index in [2.05, 4.69) is 5.32 Å². The molecule has 0 aliphatic carbocycles. The molecule has 19 heavy (non-hydrogen) atoms. The first-order valence-electron chi connectivity index (χ1n) is 6.23. The van der Waals surface area contributed by atoms with Crippen LogP contribution in [0.4, 0.5) is 0 Å². The highest BCUT2D eigenvalue weighted by Crippen LogP contribution is 2.13. The van der Waals surface area contributed by atoms with Crippen molar-refractivity contribution in [2.45, 2.75) is 25.5 Å². The van der Waals surface area contributed by atoms with Gasteiger partial charge in [-0.25, -0.2) is 0 Å². The van der Waals surface area contributed by atoms with E-state index in [0.717, 1.165) is 6.42 Å². The Bertz CT molecular complexity index is 478. The van der Waals surface area contributed by atoms with Crippen molar-refractivity contribution in [3.05, 3.63) is 29.8 Å². The van der Waals surface area contributed by atoms with Gasteiger partial charge in [0.05, 0.1) is 23.8 Å². The third-order valence-electron chi connectivity index (χ3n) is 3.08. The second-order valence-electron chi connectivity index (χ2n) is 4.46. The zero-order valence-corrected chi connectivity index (χ0v) is 10.8. The average Bonchev–Trinajstić information content (AvgIpc) is 2.82. The Balaban J connectivity index is 1.78. The van der Waals surface area contributed by atoms with Gasteiger partial charge < -0.3 is 14.8 Å². The normalized spacial score (nSPS) is 21.7. The van der Waals surface area contributed by atoms with Crippen molar-refractivity contribution in [1.29, 1.82) is 5.26 Å². The van der Waals surface area contributed by atoms with Crippen molar-refractivity contribution in [3.8, 4) is 11.8 Å². The van der Waals surface area contributed by atoms with Crippen LogP contribution < -0.4 is 10.1 Å². The SMILES string of the molecule is CC1OCCC1NC(=O)COc1ccc(C#N)cc1. The minimum Gasteiger partial charge on any atom is -0.484 e. The number of hydrogen-bond donors (Lipinski definition) is 1. The summed E-state index contributed by atoms with van der Waals surface area (Å²) in [5, 5.41) is 11.5. The largest absolute Gasteiger partial charge is 0.484 e. The molecular formula is C14H16N2O3. The average molecular weight is 260 g/mol. The molecular weight excluding hydrogens is 244 g/mol. The van der Waals surface area contributed by atoms with Gasteiger partial charge in [0.2, 0.25) is 0 Å². The van der Waals surface area contributed by atoms with Gasteiger partial charge in [-0.2, -0.15) is 5.26 Å². The maximum atomic E-state index is 11.7. The van der Waals surface area contributed by atoms with Crippen molar-refractivity contribution in [3.63, 3.8) is 0 Å². The van der Waals surface area contributed by atoms with Gasteiger partial charge in [-0.15, -0.1) is 0 Å². The lowest BCUT2D eigenvalue weighted by Gasteiger charge is -2.16. The van der Waals surface area contributed by atoms with Crippen molar-refractivity contribution in [2.75, 3.05) is 13.2 Å². The fourth-order valence-corrected chi connectivity index (χ4v) is 1.94. The third kappa shape index (κ3) is 3.70. The van der Waals surface area contributed by atoms with Gasteiger partial charge in [0.1, 0.15) is 5.75 Å². The van der Waals surface area contributed by atoms with E-state index < -0.39 is 0 Å². The Kier molecular flexibility index (Phi) is 4.37. The summed E-state index contributed by atoms with van der Waals surface area (Å²) >= 11 is 0. The predicted octanol–water partition coefficient (Wildman–Crippen LogP) is 1.23. The minimum atomic E-state index is -0.160. The van der Waals surface area contributed by atoms with Crippen molar-refractivity contribution >= 4 is 5.91 Å². The molecule has 0 aromatic heterocycles. The molecule has 1 saturated heterocycles. The Morgan fingerprint density at radius 2 is 2.26 bits per heavy atom. The van der Waals surface area contributed by atoms with E-state index in [0.29, 0.717) is 17.9 Å². The highest BCUT2D eigenvalue weighted by atomic mass is 16.5. The number of carbonyl (C=O) groups is 1. The number of benzene rings is 1. The second kappa shape index (κ2) is 6.21. The Morgan fingerprint density at radius 1 is 1.53 bits per heavy atom. The molecule has 2 unspecified atom stereocenters. The van der Waals surface area contributed by atoms with Gasteiger partial charge in [0.25, 0.3) is 5.91 Å². The van der Waals surface area contributed by atoms with E-state index in [1.807, 2.05) is 13.0 Å². The summed E-state index contributed by atoms with van der Waals surface area (Å²) in [6.45, 7) is 2.59. The van der Waals surface area contributed by atoms with E-state index in [4.69, 9.17) is 14.7 Å². The summed E-state index contributed by atoms with van der Waals surface area (Å²) in [6, 6.07) is 8.74. The number of carbonyl (C=O) groups excluding carboxylic acids is 1. The van der Waals surface area contributed by atoms with Crippen LogP contribution in [0.1, 0.15) is 18.9 Å². The van der Waals surface area contributed by atoms with Crippen LogP contribution in [0.25, 0.3) is 0 Å². The van der Waals surface area contributed by atoms with Crippen LogP contribution in [0.2, 0.25) is 0 Å². The van der Waals surface area contributed by atoms with Gasteiger partial charge in [-0.05, 0) is 37.6 Å². The van der Waals surface area contributed by atoms with Crippen molar-refractivity contribution < 1.29 is 14.3 Å². The number of rotatable bonds is 4. The first kappa shape index (κ1) is 13.4. The summed E-state index contributed by atoms with van der Waals surface area (Å²) in [5.41, 5.74) is 0.564. The van der Waals surface area contributed by atoms with Crippen LogP contribution >= 0.6 is 0 Å². The lowest BCUT2D eigenvalue weighted by atomic mass is 10.1. The first-order valence-corrected chi connectivity index (χ1v) is 6.23. The Labute approximate surface area is 112 Å². The Morgan fingerprint density at radius 3 is 2.84 bits per heavy atom. The second-order valence-corrected chi connectivity index (χ2v) is 4.46. The molecule has 2 rings (SSSR count). The molecule has 5 nitrogen and oxygen atoms in total. The lowest BCUT2D eigenvalue weighted by molar-refractivity contribution is -0.124. The number of nitrogens with zero attached hydrogens (tertiary/aromatic N) is 1. The maximum absolute atomic E-state index is 11.7. The summed E-state index contributed by atoms with van der Waals surface area (Å²) in [4.78, 5) is 11.7. The molecule has 0 bridgehead atoms. The zero-order chi connectivity index (χ0) is 13.7. The quantitative estimate of drug-likeness (QED) is 0.883. The summed E-state index contributed by atoms with van der Waals surface area (Å²) in [5.74, 6) is 0.414. The van der Waals surface area contributed by atoms with Gasteiger partial charge in [-0.1, -0.05) is 0 Å². The molecule has 1 aliphatic heterocycles. The van der Waals surface area contributed by atoms with Crippen LogP contribution in [0.15, 0.2) is 24.3 Å². The molecule has 1 heterocycles. The minimum absolute atomic E-state index is 0.0326. The standard InChI is InChI=1S/C14H16N2O3/c1-10-13(6-7-18-10)16-14(17)9-19-12-4-2-11(8-15)3-5-12/h2-5,10,13H,6-7,9H2,1H3,(H,16,17). The number of amides is 1. The molecule has 1 amide bonds. The number of nitriles is 1. The van der Waals surface area contributed by atoms with Crippen LogP contribution in [-0.4, -0.2) is 31.3 Å². The molecule has 0 radical (unpaired) electrons. The fourth-order valence-electron chi connectivity index (χ4n) is 1.94. The molecule has 2 atom stereocenters. The summed E-state index contributed by atoms with van der Waals surface area (Å²) in [6.07, 6.45) is 0.892. The molecule has 100 valence electrons. The molecule has 1 aromatic rings. The van der Waals surface area contributed by atoms with Gasteiger partial charge in [0, 0.05) is 6.61 Å². The zero-order valence-electron chi connectivity index (χ0n) is 10.8. The van der Waals surface area contributed by atoms with E-state index >= 15 is 0 Å². The molecule has 0 spiro atoms. The molecule has 1 fully saturated rings. The highest BCUT2D eigenvalue weighted by Gasteiger charge is 2.25. The van der Waals surface area contributed by atoms with Gasteiger partial charge >= 0.3 is 0 Å². The monoisotopic (exact) mass is 260 g/mol. The van der Waals surface area contributed by atoms with Crippen molar-refractivity contribution in [1.82, 2.24) is 5.32 Å². The summed E-state index contributed by atoms with van der Waals surface area (Å²) < 4.78 is 10.7. The smallest absolute Gasteiger partial charge is 0.258 e. The first-order chi connectivity index (χ1) is 9.19. The van der Waals surface area contributed by atoms with E-state index in [-0.39, 0.29) is 24.7 Å². The van der Waals surface area contributed by atoms with Crippen LogP contribution in [0.5, 0.6) is 5.75 Å². The molecule has 1 aliphatic rings. The molecule has 1 aromatic carbocycles. The topological polar surface area (TPSA) is 71.3 Å². The number of nitrogens with one attached hydrogen (secondary N) is 1. The molecule has 1 N–H and O–H groups in total. The lowest BCUT2D eigenvalue weighted by Crippen LogP contribution is -2.41. The van der Waals surface area contributed by atoms with Crippen molar-refractivity contribution in [2.24, 2.45) is 0 Å². The predicted molar refractivity (Wildman–Crippen MR) is 68.6 cm³/mol. The van der Waals surface area contributed by atoms with Gasteiger partial charge in [-0.3, -0.25) is 4.79 Å². The third-order valence-corrected chi connectivity index (χ3v) is 3.08. The molecule has 5 heteroatoms. The highest BCUT2D eigenvalue weighted by molar-refractivity contribution is 5.77. The van der Waals surface area contributed by atoms with Gasteiger partial charge in [0.15, 0.2) is 6.61 Å². The van der Waals surface area contributed by atoms with Crippen LogP contribution in [-0.2, 0) is 9.53 Å². The number of ether oxygens (including phenoxy) is 2. The Hall–Kier alpha value is -2.06. The van der Waals surface area contributed by atoms with E-state index in [1.165, 1.54) is 0 Å². The number of hydrogen-bond acceptors (Lipinski definition) is 4. The fraction of sp³-hybridized carbons (Fsp3) is 0.429. The van der Waals surface area contributed by atoms with Crippen LogP contribution in [0.3, 0.4) is 0 Å². The van der Waals surface area contributed by atoms with E-state index in [9.17, 15) is 4.79 Å². The molecule has 0 saturated carbocycles. The summed E-state index contributed by atoms with van der Waals surface area (Å²) in [7, 11) is 0. The van der Waals surface area contributed by atoms with Crippen LogP contribution in [0, 0.1) is 11.3 Å². The maximum Gasteiger partial charge on any atom is 0.258 e.